The SMILES string of the molecule is Cc1nnc(NCc2cc([N+](=O)[O-])ccc2Cl)s1. The van der Waals surface area contributed by atoms with E-state index in [1.54, 1.807) is 0 Å². The summed E-state index contributed by atoms with van der Waals surface area (Å²) >= 11 is 7.39. The van der Waals surface area contributed by atoms with E-state index in [0.29, 0.717) is 22.3 Å². The van der Waals surface area contributed by atoms with Gasteiger partial charge in [0, 0.05) is 23.7 Å². The summed E-state index contributed by atoms with van der Waals surface area (Å²) in [6, 6.07) is 4.34. The van der Waals surface area contributed by atoms with Crippen molar-refractivity contribution in [3.8, 4) is 0 Å². The lowest BCUT2D eigenvalue weighted by atomic mass is 10.2. The Hall–Kier alpha value is -1.73. The highest BCUT2D eigenvalue weighted by molar-refractivity contribution is 7.15. The molecule has 0 amide bonds. The van der Waals surface area contributed by atoms with E-state index < -0.39 is 4.92 Å². The predicted octanol–water partition coefficient (Wildman–Crippen LogP) is 3.02. The first kappa shape index (κ1) is 12.7. The van der Waals surface area contributed by atoms with Crippen LogP contribution in [0.15, 0.2) is 18.2 Å². The molecular weight excluding hydrogens is 276 g/mol. The second-order valence-electron chi connectivity index (χ2n) is 3.51. The number of non-ortho nitro benzene ring substituents is 1. The first-order valence-corrected chi connectivity index (χ1v) is 6.22. The van der Waals surface area contributed by atoms with Gasteiger partial charge in [-0.3, -0.25) is 10.1 Å². The zero-order chi connectivity index (χ0) is 13.1. The van der Waals surface area contributed by atoms with E-state index in [-0.39, 0.29) is 5.69 Å². The van der Waals surface area contributed by atoms with Crippen LogP contribution in [0, 0.1) is 17.0 Å². The zero-order valence-corrected chi connectivity index (χ0v) is 11.0. The maximum atomic E-state index is 10.7. The Kier molecular flexibility index (Phi) is 3.73. The van der Waals surface area contributed by atoms with Gasteiger partial charge in [-0.25, -0.2) is 0 Å². The number of benzene rings is 1. The Bertz CT molecular complexity index is 587. The number of rotatable bonds is 4. The number of nitro groups is 1. The molecule has 1 aromatic carbocycles. The molecule has 0 aliphatic rings. The minimum Gasteiger partial charge on any atom is -0.356 e. The Morgan fingerprint density at radius 2 is 2.28 bits per heavy atom. The molecule has 1 aromatic heterocycles. The van der Waals surface area contributed by atoms with Gasteiger partial charge in [0.05, 0.1) is 4.92 Å². The molecule has 1 N–H and O–H groups in total. The van der Waals surface area contributed by atoms with Gasteiger partial charge in [-0.1, -0.05) is 22.9 Å². The van der Waals surface area contributed by atoms with E-state index in [4.69, 9.17) is 11.6 Å². The third kappa shape index (κ3) is 2.93. The van der Waals surface area contributed by atoms with Crippen molar-refractivity contribution in [1.29, 1.82) is 0 Å². The summed E-state index contributed by atoms with van der Waals surface area (Å²) in [7, 11) is 0. The van der Waals surface area contributed by atoms with Crippen molar-refractivity contribution < 1.29 is 4.92 Å². The average molecular weight is 285 g/mol. The molecule has 0 spiro atoms. The van der Waals surface area contributed by atoms with Gasteiger partial charge in [0.2, 0.25) is 5.13 Å². The highest BCUT2D eigenvalue weighted by Gasteiger charge is 2.10. The molecule has 8 heteroatoms. The second-order valence-corrected chi connectivity index (χ2v) is 5.10. The van der Waals surface area contributed by atoms with E-state index in [2.05, 4.69) is 15.5 Å². The van der Waals surface area contributed by atoms with Crippen LogP contribution >= 0.6 is 22.9 Å². The number of hydrogen-bond acceptors (Lipinski definition) is 6. The highest BCUT2D eigenvalue weighted by atomic mass is 35.5. The van der Waals surface area contributed by atoms with Crippen LogP contribution in [0.3, 0.4) is 0 Å². The van der Waals surface area contributed by atoms with Crippen LogP contribution in [-0.4, -0.2) is 15.1 Å². The summed E-state index contributed by atoms with van der Waals surface area (Å²) in [5, 5.41) is 23.4. The Morgan fingerprint density at radius 1 is 1.50 bits per heavy atom. The largest absolute Gasteiger partial charge is 0.356 e. The number of hydrogen-bond donors (Lipinski definition) is 1. The van der Waals surface area contributed by atoms with Crippen LogP contribution < -0.4 is 5.32 Å². The van der Waals surface area contributed by atoms with E-state index in [1.807, 2.05) is 6.92 Å². The topological polar surface area (TPSA) is 81.0 Å². The van der Waals surface area contributed by atoms with Gasteiger partial charge >= 0.3 is 0 Å². The smallest absolute Gasteiger partial charge is 0.269 e. The standard InChI is InChI=1S/C10H9ClN4O2S/c1-6-13-14-10(18-6)12-5-7-4-8(15(16)17)2-3-9(7)11/h2-4H,5H2,1H3,(H,12,14). The molecule has 0 saturated heterocycles. The monoisotopic (exact) mass is 284 g/mol. The molecule has 0 fully saturated rings. The molecule has 2 aromatic rings. The molecule has 0 unspecified atom stereocenters. The molecule has 0 aliphatic heterocycles. The fourth-order valence-corrected chi connectivity index (χ4v) is 2.12. The summed E-state index contributed by atoms with van der Waals surface area (Å²) in [5.41, 5.74) is 0.670. The van der Waals surface area contributed by atoms with Crippen molar-refractivity contribution in [3.05, 3.63) is 43.9 Å². The average Bonchev–Trinajstić information content (AvgIpc) is 2.74. The van der Waals surface area contributed by atoms with E-state index >= 15 is 0 Å². The van der Waals surface area contributed by atoms with Crippen molar-refractivity contribution in [3.63, 3.8) is 0 Å². The van der Waals surface area contributed by atoms with E-state index in [0.717, 1.165) is 5.01 Å². The fraction of sp³-hybridized carbons (Fsp3) is 0.200. The maximum absolute atomic E-state index is 10.7. The summed E-state index contributed by atoms with van der Waals surface area (Å²) < 4.78 is 0. The van der Waals surface area contributed by atoms with Gasteiger partial charge in [-0.15, -0.1) is 10.2 Å². The van der Waals surface area contributed by atoms with Crippen molar-refractivity contribution in [1.82, 2.24) is 10.2 Å². The summed E-state index contributed by atoms with van der Waals surface area (Å²) in [4.78, 5) is 10.2. The third-order valence-electron chi connectivity index (χ3n) is 2.20. The molecule has 0 bridgehead atoms. The lowest BCUT2D eigenvalue weighted by Gasteiger charge is -2.04. The molecular formula is C10H9ClN4O2S. The number of nitro benzene ring substituents is 1. The quantitative estimate of drug-likeness (QED) is 0.689. The Balaban J connectivity index is 2.13. The van der Waals surface area contributed by atoms with Crippen LogP contribution in [0.5, 0.6) is 0 Å². The predicted molar refractivity (Wildman–Crippen MR) is 70.1 cm³/mol. The number of aromatic nitrogens is 2. The van der Waals surface area contributed by atoms with Crippen LogP contribution in [0.25, 0.3) is 0 Å². The van der Waals surface area contributed by atoms with Crippen LogP contribution in [0.2, 0.25) is 5.02 Å². The van der Waals surface area contributed by atoms with E-state index in [1.165, 1.54) is 29.5 Å². The molecule has 1 heterocycles. The van der Waals surface area contributed by atoms with Gasteiger partial charge in [0.25, 0.3) is 5.69 Å². The van der Waals surface area contributed by atoms with Gasteiger partial charge < -0.3 is 5.32 Å². The van der Waals surface area contributed by atoms with Crippen LogP contribution in [0.4, 0.5) is 10.8 Å². The lowest BCUT2D eigenvalue weighted by Crippen LogP contribution is -2.00. The normalized spacial score (nSPS) is 10.3. The lowest BCUT2D eigenvalue weighted by molar-refractivity contribution is -0.384. The summed E-state index contributed by atoms with van der Waals surface area (Å²) in [6.45, 7) is 2.22. The summed E-state index contributed by atoms with van der Waals surface area (Å²) in [6.07, 6.45) is 0. The van der Waals surface area contributed by atoms with Crippen LogP contribution in [0.1, 0.15) is 10.6 Å². The van der Waals surface area contributed by atoms with Gasteiger partial charge in [-0.2, -0.15) is 0 Å². The molecule has 0 radical (unpaired) electrons. The summed E-state index contributed by atoms with van der Waals surface area (Å²) in [5.74, 6) is 0. The molecule has 0 atom stereocenters. The van der Waals surface area contributed by atoms with Gasteiger partial charge in [-0.05, 0) is 18.6 Å². The first-order chi connectivity index (χ1) is 8.56. The Labute approximate surface area is 112 Å². The number of nitrogens with one attached hydrogen (secondary N) is 1. The number of aryl methyl sites for hydroxylation is 1. The molecule has 18 heavy (non-hydrogen) atoms. The molecule has 94 valence electrons. The Morgan fingerprint density at radius 3 is 2.89 bits per heavy atom. The molecule has 6 nitrogen and oxygen atoms in total. The van der Waals surface area contributed by atoms with E-state index in [9.17, 15) is 10.1 Å². The van der Waals surface area contributed by atoms with Gasteiger partial charge in [0.1, 0.15) is 5.01 Å². The molecule has 2 rings (SSSR count). The van der Waals surface area contributed by atoms with Crippen LogP contribution in [-0.2, 0) is 6.54 Å². The third-order valence-corrected chi connectivity index (χ3v) is 3.36. The number of nitrogens with zero attached hydrogens (tertiary/aromatic N) is 3. The zero-order valence-electron chi connectivity index (χ0n) is 9.38. The van der Waals surface area contributed by atoms with Crippen molar-refractivity contribution in [2.24, 2.45) is 0 Å². The second kappa shape index (κ2) is 5.28. The van der Waals surface area contributed by atoms with Crippen molar-refractivity contribution >= 4 is 33.8 Å². The minimum atomic E-state index is -0.449. The van der Waals surface area contributed by atoms with Gasteiger partial charge in [0.15, 0.2) is 0 Å². The minimum absolute atomic E-state index is 0.0182. The van der Waals surface area contributed by atoms with Crippen molar-refractivity contribution in [2.75, 3.05) is 5.32 Å². The number of halogens is 1. The fourth-order valence-electron chi connectivity index (χ4n) is 1.35. The maximum Gasteiger partial charge on any atom is 0.269 e. The molecule has 0 saturated carbocycles. The number of anilines is 1. The first-order valence-electron chi connectivity index (χ1n) is 5.03. The molecule has 0 aliphatic carbocycles. The highest BCUT2D eigenvalue weighted by Crippen LogP contribution is 2.23. The van der Waals surface area contributed by atoms with Crippen molar-refractivity contribution in [2.45, 2.75) is 13.5 Å².